The van der Waals surface area contributed by atoms with Gasteiger partial charge >= 0.3 is 0 Å². The van der Waals surface area contributed by atoms with Crippen molar-refractivity contribution >= 4 is 28.4 Å². The van der Waals surface area contributed by atoms with Gasteiger partial charge in [0.1, 0.15) is 5.82 Å². The number of hydrogen-bond donors (Lipinski definition) is 1. The second-order valence-electron chi connectivity index (χ2n) is 9.25. The number of fused-ring (bicyclic) bond motifs is 1. The Balaban J connectivity index is 1.09. The lowest BCUT2D eigenvalue weighted by Crippen LogP contribution is -2.49. The first-order chi connectivity index (χ1) is 17.1. The number of aryl methyl sites for hydroxylation is 1. The number of nitrogens with zero attached hydrogens (tertiary/aromatic N) is 4. The molecule has 2 amide bonds. The summed E-state index contributed by atoms with van der Waals surface area (Å²) in [5.41, 5.74) is 1.83. The van der Waals surface area contributed by atoms with Crippen LogP contribution in [0.3, 0.4) is 0 Å². The number of aromatic nitrogens is 2. The molecule has 1 aliphatic heterocycles. The summed E-state index contributed by atoms with van der Waals surface area (Å²) in [5.74, 6) is 0.604. The quantitative estimate of drug-likeness (QED) is 0.543. The number of hydrogen-bond acceptors (Lipinski definition) is 5. The topological polar surface area (TPSA) is 87.5 Å². The summed E-state index contributed by atoms with van der Waals surface area (Å²) in [4.78, 5) is 46.9. The third-order valence-electron chi connectivity index (χ3n) is 6.78. The first-order valence-electron chi connectivity index (χ1n) is 12.4. The lowest BCUT2D eigenvalue weighted by atomic mass is 10.2. The highest BCUT2D eigenvalue weighted by molar-refractivity contribution is 5.80. The summed E-state index contributed by atoms with van der Waals surface area (Å²) in [6.07, 6.45) is 2.87. The van der Waals surface area contributed by atoms with Crippen molar-refractivity contribution in [2.75, 3.05) is 37.6 Å². The minimum Gasteiger partial charge on any atom is -0.368 e. The number of piperazine rings is 1. The molecule has 2 heterocycles. The fraction of sp³-hybridized carbons (Fsp3) is 0.407. The maximum Gasteiger partial charge on any atom is 0.261 e. The molecule has 0 bridgehead atoms. The van der Waals surface area contributed by atoms with E-state index in [1.54, 1.807) is 10.6 Å². The van der Waals surface area contributed by atoms with Crippen LogP contribution in [-0.4, -0.2) is 59.0 Å². The fourth-order valence-corrected chi connectivity index (χ4v) is 4.71. The van der Waals surface area contributed by atoms with E-state index in [1.165, 1.54) is 5.69 Å². The van der Waals surface area contributed by atoms with Gasteiger partial charge in [0, 0.05) is 63.7 Å². The Labute approximate surface area is 204 Å². The fourth-order valence-electron chi connectivity index (χ4n) is 4.71. The van der Waals surface area contributed by atoms with Gasteiger partial charge in [0.05, 0.1) is 10.9 Å². The van der Waals surface area contributed by atoms with Gasteiger partial charge in [-0.05, 0) is 37.1 Å². The monoisotopic (exact) mass is 473 g/mol. The number of nitrogens with one attached hydrogen (secondary N) is 1. The zero-order chi connectivity index (χ0) is 24.2. The van der Waals surface area contributed by atoms with E-state index in [-0.39, 0.29) is 36.3 Å². The van der Waals surface area contributed by atoms with Gasteiger partial charge in [-0.25, -0.2) is 4.98 Å². The maximum absolute atomic E-state index is 13.0. The summed E-state index contributed by atoms with van der Waals surface area (Å²) in [6, 6.07) is 17.8. The molecule has 5 rings (SSSR count). The van der Waals surface area contributed by atoms with Gasteiger partial charge in [-0.3, -0.25) is 19.0 Å². The molecule has 1 saturated carbocycles. The first kappa shape index (κ1) is 23.1. The smallest absolute Gasteiger partial charge is 0.261 e. The largest absolute Gasteiger partial charge is 0.368 e. The van der Waals surface area contributed by atoms with Crippen molar-refractivity contribution in [3.8, 4) is 0 Å². The van der Waals surface area contributed by atoms with Gasteiger partial charge in [-0.15, -0.1) is 0 Å². The molecule has 2 fully saturated rings. The van der Waals surface area contributed by atoms with Gasteiger partial charge in [0.25, 0.3) is 5.56 Å². The lowest BCUT2D eigenvalue weighted by molar-refractivity contribution is -0.131. The van der Waals surface area contributed by atoms with E-state index in [1.807, 2.05) is 41.3 Å². The van der Waals surface area contributed by atoms with Crippen LogP contribution in [0.1, 0.15) is 37.5 Å². The van der Waals surface area contributed by atoms with Crippen molar-refractivity contribution in [2.24, 2.45) is 0 Å². The molecular formula is C27H31N5O3. The number of para-hydroxylation sites is 2. The Kier molecular flexibility index (Phi) is 6.79. The van der Waals surface area contributed by atoms with Crippen LogP contribution < -0.4 is 15.8 Å². The number of anilines is 1. The summed E-state index contributed by atoms with van der Waals surface area (Å²) < 4.78 is 1.77. The predicted molar refractivity (Wildman–Crippen MR) is 135 cm³/mol. The van der Waals surface area contributed by atoms with Crippen molar-refractivity contribution in [1.29, 1.82) is 0 Å². The second-order valence-corrected chi connectivity index (χ2v) is 9.25. The molecule has 1 N–H and O–H groups in total. The average Bonchev–Trinajstić information content (AvgIpc) is 3.73. The van der Waals surface area contributed by atoms with Gasteiger partial charge in [0.15, 0.2) is 0 Å². The van der Waals surface area contributed by atoms with E-state index >= 15 is 0 Å². The zero-order valence-corrected chi connectivity index (χ0v) is 19.9. The van der Waals surface area contributed by atoms with Crippen LogP contribution in [-0.2, 0) is 16.0 Å². The minimum atomic E-state index is -0.128. The summed E-state index contributed by atoms with van der Waals surface area (Å²) in [6.45, 7) is 3.31. The number of amides is 2. The van der Waals surface area contributed by atoms with Crippen LogP contribution in [0.25, 0.3) is 10.9 Å². The van der Waals surface area contributed by atoms with E-state index in [9.17, 15) is 14.4 Å². The molecule has 2 aromatic carbocycles. The van der Waals surface area contributed by atoms with E-state index < -0.39 is 0 Å². The number of carbonyl (C=O) groups is 2. The van der Waals surface area contributed by atoms with Crippen molar-refractivity contribution in [2.45, 2.75) is 38.1 Å². The third kappa shape index (κ3) is 5.37. The summed E-state index contributed by atoms with van der Waals surface area (Å²) >= 11 is 0. The van der Waals surface area contributed by atoms with Gasteiger partial charge in [0.2, 0.25) is 11.8 Å². The molecule has 182 valence electrons. The highest BCUT2D eigenvalue weighted by Gasteiger charge is 2.28. The molecule has 35 heavy (non-hydrogen) atoms. The maximum atomic E-state index is 13.0. The van der Waals surface area contributed by atoms with Crippen molar-refractivity contribution in [3.05, 3.63) is 70.8 Å². The second kappa shape index (κ2) is 10.3. The standard InChI is InChI=1S/C27H31N5O3/c33-25(13-12-24-29-23-9-5-4-8-22(23)27(35)32(24)21-10-11-21)28-15-14-26(34)31-18-16-30(17-19-31)20-6-2-1-3-7-20/h1-9,21H,10-19H2,(H,28,33). The SMILES string of the molecule is O=C(CCc1nc2ccccc2c(=O)n1C1CC1)NCCC(=O)N1CCN(c2ccccc2)CC1. The van der Waals surface area contributed by atoms with Crippen LogP contribution in [0.15, 0.2) is 59.4 Å². The minimum absolute atomic E-state index is 0.0218. The molecule has 0 radical (unpaired) electrons. The molecule has 8 heteroatoms. The summed E-state index contributed by atoms with van der Waals surface area (Å²) in [7, 11) is 0. The highest BCUT2D eigenvalue weighted by atomic mass is 16.2. The normalized spacial score (nSPS) is 15.9. The molecule has 8 nitrogen and oxygen atoms in total. The van der Waals surface area contributed by atoms with Crippen molar-refractivity contribution in [3.63, 3.8) is 0 Å². The van der Waals surface area contributed by atoms with Gasteiger partial charge in [-0.2, -0.15) is 0 Å². The highest BCUT2D eigenvalue weighted by Crippen LogP contribution is 2.34. The zero-order valence-electron chi connectivity index (χ0n) is 19.9. The molecule has 1 aromatic heterocycles. The van der Waals surface area contributed by atoms with Crippen molar-refractivity contribution < 1.29 is 9.59 Å². The van der Waals surface area contributed by atoms with Crippen molar-refractivity contribution in [1.82, 2.24) is 19.8 Å². The molecule has 2 aliphatic rings. The van der Waals surface area contributed by atoms with Crippen LogP contribution in [0.5, 0.6) is 0 Å². The molecule has 3 aromatic rings. The van der Waals surface area contributed by atoms with E-state index in [0.717, 1.165) is 25.9 Å². The Hall–Kier alpha value is -3.68. The van der Waals surface area contributed by atoms with E-state index in [0.29, 0.717) is 42.8 Å². The Bertz CT molecular complexity index is 1260. The molecular weight excluding hydrogens is 442 g/mol. The van der Waals surface area contributed by atoms with Crippen LogP contribution in [0.2, 0.25) is 0 Å². The van der Waals surface area contributed by atoms with E-state index in [4.69, 9.17) is 0 Å². The molecule has 1 saturated heterocycles. The third-order valence-corrected chi connectivity index (χ3v) is 6.78. The number of rotatable bonds is 8. The van der Waals surface area contributed by atoms with Gasteiger partial charge in [-0.1, -0.05) is 30.3 Å². The molecule has 0 unspecified atom stereocenters. The van der Waals surface area contributed by atoms with Crippen LogP contribution in [0.4, 0.5) is 5.69 Å². The molecule has 1 aliphatic carbocycles. The summed E-state index contributed by atoms with van der Waals surface area (Å²) in [5, 5.41) is 3.48. The van der Waals surface area contributed by atoms with Crippen LogP contribution >= 0.6 is 0 Å². The Morgan fingerprint density at radius 2 is 1.63 bits per heavy atom. The number of benzene rings is 2. The Morgan fingerprint density at radius 1 is 0.914 bits per heavy atom. The lowest BCUT2D eigenvalue weighted by Gasteiger charge is -2.36. The number of carbonyl (C=O) groups excluding carboxylic acids is 2. The van der Waals surface area contributed by atoms with E-state index in [2.05, 4.69) is 27.3 Å². The van der Waals surface area contributed by atoms with Crippen LogP contribution in [0, 0.1) is 0 Å². The molecule has 0 spiro atoms. The molecule has 0 atom stereocenters. The van der Waals surface area contributed by atoms with Gasteiger partial charge < -0.3 is 15.1 Å². The predicted octanol–water partition coefficient (Wildman–Crippen LogP) is 2.52. The first-order valence-corrected chi connectivity index (χ1v) is 12.4. The Morgan fingerprint density at radius 3 is 2.37 bits per heavy atom. The average molecular weight is 474 g/mol.